The van der Waals surface area contributed by atoms with Crippen molar-refractivity contribution >= 4 is 34.5 Å². The fourth-order valence-electron chi connectivity index (χ4n) is 3.17. The Bertz CT molecular complexity index is 978. The van der Waals surface area contributed by atoms with Crippen LogP contribution in [0.3, 0.4) is 0 Å². The van der Waals surface area contributed by atoms with Crippen molar-refractivity contribution in [2.24, 2.45) is 11.5 Å². The summed E-state index contributed by atoms with van der Waals surface area (Å²) in [5.41, 5.74) is 13.4. The van der Waals surface area contributed by atoms with Gasteiger partial charge in [-0.1, -0.05) is 23.7 Å². The van der Waals surface area contributed by atoms with Crippen molar-refractivity contribution in [3.05, 3.63) is 35.5 Å². The molecule has 3 aromatic rings. The summed E-state index contributed by atoms with van der Waals surface area (Å²) in [7, 11) is 0. The number of fused-ring (bicyclic) bond motifs is 1. The second-order valence-electron chi connectivity index (χ2n) is 6.52. The van der Waals surface area contributed by atoms with Crippen LogP contribution < -0.4 is 16.4 Å². The Labute approximate surface area is 154 Å². The Hall–Kier alpha value is -2.71. The number of aromatic amines is 1. The summed E-state index contributed by atoms with van der Waals surface area (Å²) in [6, 6.07) is 7.47. The molecule has 8 nitrogen and oxygen atoms in total. The molecule has 0 bridgehead atoms. The minimum absolute atomic E-state index is 0.461. The lowest BCUT2D eigenvalue weighted by Crippen LogP contribution is -2.58. The van der Waals surface area contributed by atoms with Crippen LogP contribution in [0.2, 0.25) is 5.02 Å². The van der Waals surface area contributed by atoms with Gasteiger partial charge in [0.05, 0.1) is 17.4 Å². The lowest BCUT2D eigenvalue weighted by Gasteiger charge is -2.37. The standard InChI is InChI=1S/C17H18ClN7O/c18-11-3-1-2-10(8-11)13-14-15(24-23-13)22-12(9-21-14)25-6-4-17(20,5-7-25)16(19)26/h1-3,8-9H,4-7,20H2,(H2,19,26)(H,22,23,24). The maximum atomic E-state index is 11.5. The van der Waals surface area contributed by atoms with E-state index in [0.29, 0.717) is 47.9 Å². The minimum atomic E-state index is -0.944. The predicted octanol–water partition coefficient (Wildman–Crippen LogP) is 1.46. The van der Waals surface area contributed by atoms with Crippen molar-refractivity contribution in [1.29, 1.82) is 0 Å². The second kappa shape index (κ2) is 6.22. The molecule has 1 aliphatic rings. The molecule has 9 heteroatoms. The molecule has 0 radical (unpaired) electrons. The normalized spacial score (nSPS) is 16.8. The number of nitrogens with zero attached hydrogens (tertiary/aromatic N) is 4. The average molecular weight is 372 g/mol. The van der Waals surface area contributed by atoms with Gasteiger partial charge in [-0.2, -0.15) is 5.10 Å². The molecule has 1 fully saturated rings. The molecular formula is C17H18ClN7O. The number of H-pyrrole nitrogens is 1. The molecule has 1 saturated heterocycles. The number of carbonyl (C=O) groups excluding carboxylic acids is 1. The van der Waals surface area contributed by atoms with Crippen molar-refractivity contribution in [3.63, 3.8) is 0 Å². The summed E-state index contributed by atoms with van der Waals surface area (Å²) >= 11 is 6.06. The highest BCUT2D eigenvalue weighted by molar-refractivity contribution is 6.30. The first-order chi connectivity index (χ1) is 12.5. The van der Waals surface area contributed by atoms with Crippen LogP contribution in [0, 0.1) is 0 Å². The zero-order chi connectivity index (χ0) is 18.3. The van der Waals surface area contributed by atoms with E-state index in [1.54, 1.807) is 6.20 Å². The largest absolute Gasteiger partial charge is 0.368 e. The molecule has 0 saturated carbocycles. The topological polar surface area (TPSA) is 127 Å². The van der Waals surface area contributed by atoms with Gasteiger partial charge >= 0.3 is 0 Å². The minimum Gasteiger partial charge on any atom is -0.368 e. The molecule has 1 amide bonds. The molecule has 26 heavy (non-hydrogen) atoms. The Morgan fingerprint density at radius 3 is 2.77 bits per heavy atom. The molecule has 3 heterocycles. The van der Waals surface area contributed by atoms with Crippen LogP contribution in [0.4, 0.5) is 5.82 Å². The van der Waals surface area contributed by atoms with Crippen LogP contribution >= 0.6 is 11.6 Å². The highest BCUT2D eigenvalue weighted by Gasteiger charge is 2.36. The predicted molar refractivity (Wildman–Crippen MR) is 99.7 cm³/mol. The van der Waals surface area contributed by atoms with Crippen LogP contribution in [0.1, 0.15) is 12.8 Å². The summed E-state index contributed by atoms with van der Waals surface area (Å²) in [5, 5.41) is 7.89. The first-order valence-electron chi connectivity index (χ1n) is 8.27. The average Bonchev–Trinajstić information content (AvgIpc) is 3.05. The quantitative estimate of drug-likeness (QED) is 0.639. The number of amides is 1. The van der Waals surface area contributed by atoms with Gasteiger partial charge in [0, 0.05) is 23.7 Å². The van der Waals surface area contributed by atoms with Crippen molar-refractivity contribution in [3.8, 4) is 11.3 Å². The Morgan fingerprint density at radius 1 is 1.31 bits per heavy atom. The number of piperidine rings is 1. The smallest absolute Gasteiger partial charge is 0.237 e. The molecule has 1 aliphatic heterocycles. The molecule has 0 aliphatic carbocycles. The number of nitrogens with two attached hydrogens (primary N) is 2. The van der Waals surface area contributed by atoms with E-state index < -0.39 is 11.4 Å². The number of aromatic nitrogens is 4. The van der Waals surface area contributed by atoms with Crippen molar-refractivity contribution < 1.29 is 4.79 Å². The zero-order valence-corrected chi connectivity index (χ0v) is 14.7. The van der Waals surface area contributed by atoms with Gasteiger partial charge in [-0.25, -0.2) is 9.97 Å². The lowest BCUT2D eigenvalue weighted by atomic mass is 9.88. The third kappa shape index (κ3) is 2.87. The van der Waals surface area contributed by atoms with E-state index in [0.717, 1.165) is 11.3 Å². The van der Waals surface area contributed by atoms with E-state index in [-0.39, 0.29) is 0 Å². The number of hydrogen-bond acceptors (Lipinski definition) is 6. The van der Waals surface area contributed by atoms with E-state index >= 15 is 0 Å². The van der Waals surface area contributed by atoms with Crippen LogP contribution in [0.15, 0.2) is 30.5 Å². The molecule has 0 unspecified atom stereocenters. The zero-order valence-electron chi connectivity index (χ0n) is 13.9. The van der Waals surface area contributed by atoms with Gasteiger partial charge in [0.1, 0.15) is 11.3 Å². The summed E-state index contributed by atoms with van der Waals surface area (Å²) in [4.78, 5) is 22.6. The van der Waals surface area contributed by atoms with Crippen molar-refractivity contribution in [1.82, 2.24) is 20.2 Å². The van der Waals surface area contributed by atoms with Gasteiger partial charge in [0.2, 0.25) is 11.6 Å². The summed E-state index contributed by atoms with van der Waals surface area (Å²) in [6.45, 7) is 1.18. The van der Waals surface area contributed by atoms with Crippen LogP contribution in [-0.4, -0.2) is 44.7 Å². The summed E-state index contributed by atoms with van der Waals surface area (Å²) in [6.07, 6.45) is 2.67. The van der Waals surface area contributed by atoms with Crippen molar-refractivity contribution in [2.45, 2.75) is 18.4 Å². The van der Waals surface area contributed by atoms with E-state index in [1.165, 1.54) is 0 Å². The molecule has 1 aromatic carbocycles. The summed E-state index contributed by atoms with van der Waals surface area (Å²) < 4.78 is 0. The van der Waals surface area contributed by atoms with E-state index in [9.17, 15) is 4.79 Å². The van der Waals surface area contributed by atoms with E-state index in [4.69, 9.17) is 23.1 Å². The highest BCUT2D eigenvalue weighted by Crippen LogP contribution is 2.28. The Morgan fingerprint density at radius 2 is 2.08 bits per heavy atom. The molecule has 134 valence electrons. The number of primary amides is 1. The van der Waals surface area contributed by atoms with E-state index in [2.05, 4.69) is 20.2 Å². The number of benzene rings is 1. The van der Waals surface area contributed by atoms with Crippen LogP contribution in [-0.2, 0) is 4.79 Å². The van der Waals surface area contributed by atoms with Crippen LogP contribution in [0.5, 0.6) is 0 Å². The number of carbonyl (C=O) groups is 1. The van der Waals surface area contributed by atoms with Gasteiger partial charge in [-0.3, -0.25) is 9.89 Å². The fourth-order valence-corrected chi connectivity index (χ4v) is 3.36. The third-order valence-corrected chi connectivity index (χ3v) is 5.07. The van der Waals surface area contributed by atoms with Gasteiger partial charge in [-0.15, -0.1) is 0 Å². The highest BCUT2D eigenvalue weighted by atomic mass is 35.5. The molecule has 0 atom stereocenters. The SMILES string of the molecule is NC(=O)C1(N)CCN(c2cnc3c(-c4cccc(Cl)c4)[nH]nc3n2)CC1. The number of hydrogen-bond donors (Lipinski definition) is 3. The molecular weight excluding hydrogens is 354 g/mol. The van der Waals surface area contributed by atoms with E-state index in [1.807, 2.05) is 29.2 Å². The number of rotatable bonds is 3. The fraction of sp³-hybridized carbons (Fsp3) is 0.294. The Balaban J connectivity index is 1.61. The third-order valence-electron chi connectivity index (χ3n) is 4.84. The second-order valence-corrected chi connectivity index (χ2v) is 6.95. The maximum Gasteiger partial charge on any atom is 0.237 e. The molecule has 2 aromatic heterocycles. The maximum absolute atomic E-state index is 11.5. The Kier molecular flexibility index (Phi) is 4.01. The van der Waals surface area contributed by atoms with Gasteiger partial charge in [0.25, 0.3) is 0 Å². The van der Waals surface area contributed by atoms with Gasteiger partial charge in [0.15, 0.2) is 0 Å². The van der Waals surface area contributed by atoms with Gasteiger partial charge < -0.3 is 16.4 Å². The first kappa shape index (κ1) is 16.7. The molecule has 4 rings (SSSR count). The summed E-state index contributed by atoms with van der Waals surface area (Å²) in [5.74, 6) is 0.241. The monoisotopic (exact) mass is 371 g/mol. The molecule has 0 spiro atoms. The first-order valence-corrected chi connectivity index (χ1v) is 8.65. The number of halogens is 1. The van der Waals surface area contributed by atoms with Crippen molar-refractivity contribution in [2.75, 3.05) is 18.0 Å². The number of anilines is 1. The number of nitrogens with one attached hydrogen (secondary N) is 1. The van der Waals surface area contributed by atoms with Gasteiger partial charge in [-0.05, 0) is 25.0 Å². The van der Waals surface area contributed by atoms with Crippen LogP contribution in [0.25, 0.3) is 22.4 Å². The molecule has 5 N–H and O–H groups in total. The lowest BCUT2D eigenvalue weighted by molar-refractivity contribution is -0.123.